The topological polar surface area (TPSA) is 112 Å². The van der Waals surface area contributed by atoms with Crippen LogP contribution in [0.15, 0.2) is 36.5 Å². The highest BCUT2D eigenvalue weighted by molar-refractivity contribution is 6.05. The van der Waals surface area contributed by atoms with Gasteiger partial charge in [-0.25, -0.2) is 4.98 Å². The molecular formula is C24H25N3O5. The van der Waals surface area contributed by atoms with E-state index in [1.807, 2.05) is 12.1 Å². The third-order valence-electron chi connectivity index (χ3n) is 6.28. The molecule has 2 aromatic rings. The summed E-state index contributed by atoms with van der Waals surface area (Å²) >= 11 is 0. The molecule has 8 heteroatoms. The smallest absolute Gasteiger partial charge is 0.268 e. The van der Waals surface area contributed by atoms with Crippen LogP contribution in [0, 0.1) is 5.92 Å². The van der Waals surface area contributed by atoms with Gasteiger partial charge in [0.05, 0.1) is 12.8 Å². The monoisotopic (exact) mass is 435 g/mol. The minimum Gasteiger partial charge on any atom is -0.479 e. The first-order valence-electron chi connectivity index (χ1n) is 11.0. The summed E-state index contributed by atoms with van der Waals surface area (Å²) in [5, 5.41) is 0. The molecule has 3 aliphatic rings. The first-order chi connectivity index (χ1) is 15.5. The standard InChI is InChI=1S/C24H25N3O5/c25-22(29)10-15-9-20(28)19-11-16(3-5-18(15)19)27-8-7-21(24(27)30)32-17-4-6-23(26-12-17)31-13-14-1-2-14/h3-6,11-12,14-15,21H,1-2,7-10,13H2,(H2,25,29)/t15?,21-/m1/s1. The summed E-state index contributed by atoms with van der Waals surface area (Å²) in [4.78, 5) is 42.6. The fraction of sp³-hybridized carbons (Fsp3) is 0.417. The van der Waals surface area contributed by atoms with Crippen molar-refractivity contribution in [3.63, 3.8) is 0 Å². The van der Waals surface area contributed by atoms with Gasteiger partial charge in [0, 0.05) is 49.0 Å². The fourth-order valence-electron chi connectivity index (χ4n) is 4.37. The van der Waals surface area contributed by atoms with Crippen LogP contribution in [0.4, 0.5) is 5.69 Å². The lowest BCUT2D eigenvalue weighted by Crippen LogP contribution is -2.32. The second-order valence-electron chi connectivity index (χ2n) is 8.74. The number of ether oxygens (including phenoxy) is 2. The minimum absolute atomic E-state index is 0.0254. The van der Waals surface area contributed by atoms with Gasteiger partial charge in [-0.05, 0) is 42.5 Å². The van der Waals surface area contributed by atoms with Crippen molar-refractivity contribution in [1.29, 1.82) is 0 Å². The number of ketones is 1. The van der Waals surface area contributed by atoms with Gasteiger partial charge in [-0.1, -0.05) is 6.07 Å². The molecule has 1 saturated carbocycles. The van der Waals surface area contributed by atoms with Gasteiger partial charge < -0.3 is 20.1 Å². The molecule has 0 radical (unpaired) electrons. The van der Waals surface area contributed by atoms with Crippen molar-refractivity contribution in [1.82, 2.24) is 4.98 Å². The molecule has 1 aromatic heterocycles. The molecule has 0 bridgehead atoms. The Morgan fingerprint density at radius 3 is 2.72 bits per heavy atom. The van der Waals surface area contributed by atoms with Crippen LogP contribution in [0.3, 0.4) is 0 Å². The van der Waals surface area contributed by atoms with Crippen LogP contribution in [-0.4, -0.2) is 41.8 Å². The number of nitrogens with zero attached hydrogens (tertiary/aromatic N) is 2. The number of nitrogens with two attached hydrogens (primary N) is 1. The number of pyridine rings is 1. The van der Waals surface area contributed by atoms with Crippen molar-refractivity contribution in [2.24, 2.45) is 11.7 Å². The summed E-state index contributed by atoms with van der Waals surface area (Å²) in [6, 6.07) is 8.91. The number of amides is 2. The van der Waals surface area contributed by atoms with E-state index >= 15 is 0 Å². The van der Waals surface area contributed by atoms with Gasteiger partial charge in [-0.3, -0.25) is 14.4 Å². The van der Waals surface area contributed by atoms with Crippen LogP contribution in [0.2, 0.25) is 0 Å². The van der Waals surface area contributed by atoms with Crippen molar-refractivity contribution in [3.05, 3.63) is 47.7 Å². The summed E-state index contributed by atoms with van der Waals surface area (Å²) in [6.07, 6.45) is 4.35. The second-order valence-corrected chi connectivity index (χ2v) is 8.74. The van der Waals surface area contributed by atoms with Gasteiger partial charge in [0.1, 0.15) is 5.75 Å². The molecule has 2 heterocycles. The highest BCUT2D eigenvalue weighted by atomic mass is 16.5. The van der Waals surface area contributed by atoms with Crippen molar-refractivity contribution >= 4 is 23.3 Å². The average molecular weight is 435 g/mol. The molecule has 2 atom stereocenters. The number of anilines is 1. The predicted molar refractivity (Wildman–Crippen MR) is 116 cm³/mol. The summed E-state index contributed by atoms with van der Waals surface area (Å²) in [5.74, 6) is 0.937. The Morgan fingerprint density at radius 2 is 2.00 bits per heavy atom. The Morgan fingerprint density at radius 1 is 1.16 bits per heavy atom. The Kier molecular flexibility index (Phi) is 5.28. The lowest BCUT2D eigenvalue weighted by molar-refractivity contribution is -0.123. The molecule has 1 saturated heterocycles. The summed E-state index contributed by atoms with van der Waals surface area (Å²) in [6.45, 7) is 1.19. The molecule has 166 valence electrons. The molecule has 2 aliphatic carbocycles. The number of benzene rings is 1. The van der Waals surface area contributed by atoms with Gasteiger partial charge in [-0.2, -0.15) is 0 Å². The Bertz CT molecular complexity index is 1060. The lowest BCUT2D eigenvalue weighted by Gasteiger charge is -2.18. The average Bonchev–Trinajstić information content (AvgIpc) is 3.48. The second kappa shape index (κ2) is 8.26. The zero-order valence-corrected chi connectivity index (χ0v) is 17.7. The molecule has 1 unspecified atom stereocenters. The number of carbonyl (C=O) groups excluding carboxylic acids is 3. The number of carbonyl (C=O) groups is 3. The molecule has 2 fully saturated rings. The third kappa shape index (κ3) is 4.17. The van der Waals surface area contributed by atoms with Crippen LogP contribution in [-0.2, 0) is 9.59 Å². The van der Waals surface area contributed by atoms with Crippen LogP contribution in [0.5, 0.6) is 11.6 Å². The van der Waals surface area contributed by atoms with Crippen LogP contribution in [0.25, 0.3) is 0 Å². The van der Waals surface area contributed by atoms with E-state index < -0.39 is 12.0 Å². The normalized spacial score (nSPS) is 22.2. The number of aromatic nitrogens is 1. The third-order valence-corrected chi connectivity index (χ3v) is 6.28. The molecule has 2 amide bonds. The van der Waals surface area contributed by atoms with Gasteiger partial charge in [0.15, 0.2) is 11.9 Å². The number of hydrogen-bond acceptors (Lipinski definition) is 6. The molecule has 1 aromatic carbocycles. The first kappa shape index (κ1) is 20.5. The van der Waals surface area contributed by atoms with Crippen LogP contribution < -0.4 is 20.1 Å². The van der Waals surface area contributed by atoms with E-state index in [0.717, 1.165) is 5.56 Å². The maximum atomic E-state index is 13.0. The largest absolute Gasteiger partial charge is 0.479 e. The zero-order valence-electron chi connectivity index (χ0n) is 17.7. The molecular weight excluding hydrogens is 410 g/mol. The van der Waals surface area contributed by atoms with Crippen LogP contribution >= 0.6 is 0 Å². The van der Waals surface area contributed by atoms with E-state index in [4.69, 9.17) is 15.2 Å². The number of rotatable bonds is 8. The Balaban J connectivity index is 1.24. The Hall–Kier alpha value is -3.42. The molecule has 0 spiro atoms. The zero-order chi connectivity index (χ0) is 22.2. The maximum absolute atomic E-state index is 13.0. The number of hydrogen-bond donors (Lipinski definition) is 1. The molecule has 32 heavy (non-hydrogen) atoms. The van der Waals surface area contributed by atoms with E-state index in [-0.39, 0.29) is 30.4 Å². The number of primary amides is 1. The van der Waals surface area contributed by atoms with Gasteiger partial charge >= 0.3 is 0 Å². The van der Waals surface area contributed by atoms with Gasteiger partial charge in [0.2, 0.25) is 11.8 Å². The fourth-order valence-corrected chi connectivity index (χ4v) is 4.37. The first-order valence-corrected chi connectivity index (χ1v) is 11.0. The summed E-state index contributed by atoms with van der Waals surface area (Å²) in [5.41, 5.74) is 7.36. The van der Waals surface area contributed by atoms with E-state index in [1.165, 1.54) is 12.8 Å². The van der Waals surface area contributed by atoms with Crippen molar-refractivity contribution in [2.75, 3.05) is 18.1 Å². The SMILES string of the molecule is NC(=O)CC1CC(=O)c2cc(N3CC[C@@H](Oc4ccc(OCC5CC5)nc4)C3=O)ccc21. The lowest BCUT2D eigenvalue weighted by atomic mass is 9.97. The number of fused-ring (bicyclic) bond motifs is 1. The van der Waals surface area contributed by atoms with Crippen molar-refractivity contribution in [3.8, 4) is 11.6 Å². The maximum Gasteiger partial charge on any atom is 0.268 e. The van der Waals surface area contributed by atoms with E-state index in [9.17, 15) is 14.4 Å². The molecule has 8 nitrogen and oxygen atoms in total. The highest BCUT2D eigenvalue weighted by Crippen LogP contribution is 2.38. The van der Waals surface area contributed by atoms with Crippen molar-refractivity contribution < 1.29 is 23.9 Å². The van der Waals surface area contributed by atoms with Gasteiger partial charge in [0.25, 0.3) is 5.91 Å². The summed E-state index contributed by atoms with van der Waals surface area (Å²) in [7, 11) is 0. The van der Waals surface area contributed by atoms with Crippen molar-refractivity contribution in [2.45, 2.75) is 44.1 Å². The predicted octanol–water partition coefficient (Wildman–Crippen LogP) is 2.60. The summed E-state index contributed by atoms with van der Waals surface area (Å²) < 4.78 is 11.5. The number of Topliss-reactive ketones (excluding diaryl/α,β-unsaturated/α-hetero) is 1. The van der Waals surface area contributed by atoms with E-state index in [0.29, 0.717) is 48.4 Å². The van der Waals surface area contributed by atoms with Crippen LogP contribution in [0.1, 0.15) is 53.9 Å². The van der Waals surface area contributed by atoms with E-state index in [1.54, 1.807) is 29.3 Å². The Labute approximate surface area is 185 Å². The highest BCUT2D eigenvalue weighted by Gasteiger charge is 2.36. The quantitative estimate of drug-likeness (QED) is 0.682. The molecule has 2 N–H and O–H groups in total. The van der Waals surface area contributed by atoms with Gasteiger partial charge in [-0.15, -0.1) is 0 Å². The molecule has 1 aliphatic heterocycles. The molecule has 5 rings (SSSR count). The minimum atomic E-state index is -0.610. The van der Waals surface area contributed by atoms with E-state index in [2.05, 4.69) is 4.98 Å².